The molecule has 2 aliphatic rings. The zero-order valence-corrected chi connectivity index (χ0v) is 14.1. The van der Waals surface area contributed by atoms with Crippen LogP contribution in [0.4, 0.5) is 0 Å². The van der Waals surface area contributed by atoms with Crippen LogP contribution in [0, 0.1) is 0 Å². The molecule has 0 N–H and O–H groups in total. The van der Waals surface area contributed by atoms with Crippen molar-refractivity contribution < 1.29 is 9.53 Å². The Morgan fingerprint density at radius 3 is 2.65 bits per heavy atom. The van der Waals surface area contributed by atoms with Crippen LogP contribution in [0.3, 0.4) is 0 Å². The molecule has 1 aliphatic heterocycles. The van der Waals surface area contributed by atoms with Crippen molar-refractivity contribution >= 4 is 5.91 Å². The van der Waals surface area contributed by atoms with E-state index in [0.29, 0.717) is 12.6 Å². The first-order valence-corrected chi connectivity index (χ1v) is 8.88. The molecule has 2 heterocycles. The van der Waals surface area contributed by atoms with Crippen LogP contribution in [-0.2, 0) is 4.79 Å². The maximum atomic E-state index is 11.3. The van der Waals surface area contributed by atoms with Crippen LogP contribution < -0.4 is 4.74 Å². The van der Waals surface area contributed by atoms with Gasteiger partial charge in [0.2, 0.25) is 11.8 Å². The second-order valence-corrected chi connectivity index (χ2v) is 6.62. The molecule has 0 aromatic carbocycles. The van der Waals surface area contributed by atoms with Gasteiger partial charge in [-0.15, -0.1) is 5.10 Å². The van der Waals surface area contributed by atoms with Crippen molar-refractivity contribution in [3.63, 3.8) is 0 Å². The summed E-state index contributed by atoms with van der Waals surface area (Å²) in [5, 5.41) is 4.57. The first-order chi connectivity index (χ1) is 11.2. The van der Waals surface area contributed by atoms with Crippen molar-refractivity contribution in [2.75, 3.05) is 39.3 Å². The Morgan fingerprint density at radius 1 is 1.22 bits per heavy atom. The Balaban J connectivity index is 1.38. The van der Waals surface area contributed by atoms with E-state index in [0.717, 1.165) is 38.6 Å². The molecule has 23 heavy (non-hydrogen) atoms. The monoisotopic (exact) mass is 320 g/mol. The van der Waals surface area contributed by atoms with Crippen LogP contribution in [0.1, 0.15) is 45.1 Å². The van der Waals surface area contributed by atoms with Crippen molar-refractivity contribution in [1.29, 1.82) is 0 Å². The molecule has 128 valence electrons. The van der Waals surface area contributed by atoms with Gasteiger partial charge in [0.05, 0.1) is 6.04 Å². The summed E-state index contributed by atoms with van der Waals surface area (Å²) in [6.07, 6.45) is 8.51. The lowest BCUT2D eigenvalue weighted by Gasteiger charge is -2.33. The Bertz CT molecular complexity index is 502. The molecule has 1 aromatic rings. The second kappa shape index (κ2) is 7.81. The summed E-state index contributed by atoms with van der Waals surface area (Å²) >= 11 is 0. The normalized spacial score (nSPS) is 20.7. The van der Waals surface area contributed by atoms with Gasteiger partial charge in [0.25, 0.3) is 0 Å². The molecule has 1 aliphatic carbocycles. The molecule has 0 radical (unpaired) electrons. The Morgan fingerprint density at radius 2 is 1.96 bits per heavy atom. The summed E-state index contributed by atoms with van der Waals surface area (Å²) in [5.41, 5.74) is 0. The van der Waals surface area contributed by atoms with Gasteiger partial charge < -0.3 is 9.64 Å². The van der Waals surface area contributed by atoms with E-state index in [1.807, 2.05) is 11.0 Å². The summed E-state index contributed by atoms with van der Waals surface area (Å²) in [4.78, 5) is 15.6. The van der Waals surface area contributed by atoms with Gasteiger partial charge in [-0.25, -0.2) is 0 Å². The van der Waals surface area contributed by atoms with Crippen molar-refractivity contribution in [1.82, 2.24) is 19.6 Å². The van der Waals surface area contributed by atoms with E-state index in [-0.39, 0.29) is 5.91 Å². The minimum absolute atomic E-state index is 0.175. The number of amides is 1. The Hall–Kier alpha value is -1.56. The first kappa shape index (κ1) is 16.3. The van der Waals surface area contributed by atoms with Crippen molar-refractivity contribution in [2.24, 2.45) is 0 Å². The van der Waals surface area contributed by atoms with Crippen LogP contribution in [0.2, 0.25) is 0 Å². The highest BCUT2D eigenvalue weighted by molar-refractivity contribution is 5.73. The van der Waals surface area contributed by atoms with E-state index in [2.05, 4.69) is 20.9 Å². The summed E-state index contributed by atoms with van der Waals surface area (Å²) in [6.45, 7) is 6.70. The lowest BCUT2D eigenvalue weighted by molar-refractivity contribution is -0.130. The number of hydrogen-bond acceptors (Lipinski definition) is 4. The predicted octanol–water partition coefficient (Wildman–Crippen LogP) is 1.93. The van der Waals surface area contributed by atoms with Crippen LogP contribution in [-0.4, -0.2) is 64.8 Å². The first-order valence-electron chi connectivity index (χ1n) is 8.88. The maximum Gasteiger partial charge on any atom is 0.232 e. The zero-order valence-electron chi connectivity index (χ0n) is 14.1. The number of carbonyl (C=O) groups is 1. The summed E-state index contributed by atoms with van der Waals surface area (Å²) in [7, 11) is 0. The molecule has 1 aromatic heterocycles. The molecule has 3 rings (SSSR count). The fourth-order valence-corrected chi connectivity index (χ4v) is 3.51. The molecule has 1 amide bonds. The van der Waals surface area contributed by atoms with Gasteiger partial charge in [0.15, 0.2) is 0 Å². The third-order valence-electron chi connectivity index (χ3n) is 5.01. The van der Waals surface area contributed by atoms with Gasteiger partial charge in [0.1, 0.15) is 6.61 Å². The Kier molecular flexibility index (Phi) is 5.54. The van der Waals surface area contributed by atoms with E-state index in [9.17, 15) is 4.79 Å². The molecule has 1 saturated carbocycles. The molecular formula is C17H28N4O2. The second-order valence-electron chi connectivity index (χ2n) is 6.62. The highest BCUT2D eigenvalue weighted by Gasteiger charge is 2.19. The van der Waals surface area contributed by atoms with E-state index in [1.165, 1.54) is 32.1 Å². The minimum atomic E-state index is 0.175. The lowest BCUT2D eigenvalue weighted by atomic mass is 9.96. The molecule has 2 fully saturated rings. The average molecular weight is 320 g/mol. The predicted molar refractivity (Wildman–Crippen MR) is 88.5 cm³/mol. The average Bonchev–Trinajstić information content (AvgIpc) is 3.05. The van der Waals surface area contributed by atoms with E-state index in [1.54, 1.807) is 6.92 Å². The fraction of sp³-hybridized carbons (Fsp3) is 0.765. The molecule has 6 nitrogen and oxygen atoms in total. The van der Waals surface area contributed by atoms with Crippen LogP contribution >= 0.6 is 0 Å². The molecule has 0 bridgehead atoms. The summed E-state index contributed by atoms with van der Waals surface area (Å²) in [6, 6.07) is 2.53. The molecule has 0 unspecified atom stereocenters. The van der Waals surface area contributed by atoms with E-state index in [4.69, 9.17) is 4.74 Å². The van der Waals surface area contributed by atoms with Gasteiger partial charge in [-0.05, 0) is 12.8 Å². The quantitative estimate of drug-likeness (QED) is 0.832. The molecule has 0 spiro atoms. The Labute approximate surface area is 138 Å². The van der Waals surface area contributed by atoms with Crippen LogP contribution in [0.5, 0.6) is 5.88 Å². The number of carbonyl (C=O) groups excluding carboxylic acids is 1. The van der Waals surface area contributed by atoms with Crippen LogP contribution in [0.15, 0.2) is 12.3 Å². The van der Waals surface area contributed by atoms with Gasteiger partial charge in [0, 0.05) is 51.9 Å². The number of rotatable bonds is 5. The molecular weight excluding hydrogens is 292 g/mol. The SMILES string of the molecule is CC(=O)N1CCN(CCOc2ccn(C3CCCCC3)n2)CC1. The maximum absolute atomic E-state index is 11.3. The van der Waals surface area contributed by atoms with Crippen LogP contribution in [0.25, 0.3) is 0 Å². The van der Waals surface area contributed by atoms with Gasteiger partial charge in [-0.2, -0.15) is 0 Å². The van der Waals surface area contributed by atoms with Crippen molar-refractivity contribution in [3.8, 4) is 5.88 Å². The highest BCUT2D eigenvalue weighted by Crippen LogP contribution is 2.28. The van der Waals surface area contributed by atoms with E-state index >= 15 is 0 Å². The van der Waals surface area contributed by atoms with Gasteiger partial charge in [-0.1, -0.05) is 19.3 Å². The zero-order chi connectivity index (χ0) is 16.1. The topological polar surface area (TPSA) is 50.6 Å². The largest absolute Gasteiger partial charge is 0.475 e. The van der Waals surface area contributed by atoms with Crippen molar-refractivity contribution in [2.45, 2.75) is 45.1 Å². The van der Waals surface area contributed by atoms with Crippen molar-refractivity contribution in [3.05, 3.63) is 12.3 Å². The third kappa shape index (κ3) is 4.47. The number of aromatic nitrogens is 2. The van der Waals surface area contributed by atoms with E-state index < -0.39 is 0 Å². The molecule has 1 saturated heterocycles. The summed E-state index contributed by atoms with van der Waals surface area (Å²) < 4.78 is 7.88. The molecule has 6 heteroatoms. The number of ether oxygens (including phenoxy) is 1. The van der Waals surface area contributed by atoms with Gasteiger partial charge >= 0.3 is 0 Å². The minimum Gasteiger partial charge on any atom is -0.475 e. The summed E-state index contributed by atoms with van der Waals surface area (Å²) in [5.74, 6) is 0.909. The molecule has 0 atom stereocenters. The highest BCUT2D eigenvalue weighted by atomic mass is 16.5. The smallest absolute Gasteiger partial charge is 0.232 e. The number of hydrogen-bond donors (Lipinski definition) is 0. The lowest BCUT2D eigenvalue weighted by Crippen LogP contribution is -2.48. The van der Waals surface area contributed by atoms with Gasteiger partial charge in [-0.3, -0.25) is 14.4 Å². The number of piperazine rings is 1. The standard InChI is InChI=1S/C17H28N4O2/c1-15(22)20-11-9-19(10-12-20)13-14-23-17-7-8-21(18-17)16-5-3-2-4-6-16/h7-8,16H,2-6,9-14H2,1H3. The number of nitrogens with zero attached hydrogens (tertiary/aromatic N) is 4. The third-order valence-corrected chi connectivity index (χ3v) is 5.01. The fourth-order valence-electron chi connectivity index (χ4n) is 3.51.